The monoisotopic (exact) mass is 290 g/mol. The second-order valence-corrected chi connectivity index (χ2v) is 5.06. The van der Waals surface area contributed by atoms with Crippen LogP contribution in [0.3, 0.4) is 0 Å². The van der Waals surface area contributed by atoms with Gasteiger partial charge >= 0.3 is 6.09 Å². The van der Waals surface area contributed by atoms with Crippen LogP contribution in [0.25, 0.3) is 6.08 Å². The third kappa shape index (κ3) is 4.74. The van der Waals surface area contributed by atoms with Gasteiger partial charge in [0.05, 0.1) is 7.11 Å². The van der Waals surface area contributed by atoms with Crippen molar-refractivity contribution in [1.82, 2.24) is 10.3 Å². The first-order chi connectivity index (χ1) is 8.44. The van der Waals surface area contributed by atoms with E-state index in [2.05, 4.69) is 4.74 Å². The molecule has 8 heteroatoms. The molecule has 0 aliphatic rings. The van der Waals surface area contributed by atoms with Gasteiger partial charge < -0.3 is 4.74 Å². The lowest BCUT2D eigenvalue weighted by Crippen LogP contribution is -2.40. The van der Waals surface area contributed by atoms with Crippen molar-refractivity contribution in [3.8, 4) is 0 Å². The number of sulfonamides is 1. The Morgan fingerprint density at radius 1 is 1.39 bits per heavy atom. The number of carbonyl (C=O) groups excluding carboxylic acids is 1. The smallest absolute Gasteiger partial charge is 0.422 e. The van der Waals surface area contributed by atoms with E-state index in [1.54, 1.807) is 24.3 Å². The van der Waals surface area contributed by atoms with Crippen LogP contribution in [0.15, 0.2) is 29.7 Å². The second-order valence-electron chi connectivity index (χ2n) is 3.09. The van der Waals surface area contributed by atoms with E-state index < -0.39 is 16.1 Å². The molecule has 0 heterocycles. The van der Waals surface area contributed by atoms with E-state index in [9.17, 15) is 13.2 Å². The molecule has 1 rings (SSSR count). The fraction of sp³-hybridized carbons (Fsp3) is 0.100. The number of hydrogen-bond donors (Lipinski definition) is 2. The number of hydrazine groups is 1. The number of hydrogen-bond acceptors (Lipinski definition) is 4. The first-order valence-corrected chi connectivity index (χ1v) is 6.65. The van der Waals surface area contributed by atoms with Crippen molar-refractivity contribution in [3.63, 3.8) is 0 Å². The maximum atomic E-state index is 11.4. The molecule has 0 aliphatic carbocycles. The van der Waals surface area contributed by atoms with E-state index >= 15 is 0 Å². The average Bonchev–Trinajstić information content (AvgIpc) is 2.35. The van der Waals surface area contributed by atoms with Gasteiger partial charge in [0, 0.05) is 10.4 Å². The lowest BCUT2D eigenvalue weighted by molar-refractivity contribution is 0.169. The molecule has 0 unspecified atom stereocenters. The minimum atomic E-state index is -3.80. The number of nitrogens with one attached hydrogen (secondary N) is 2. The van der Waals surface area contributed by atoms with Crippen LogP contribution >= 0.6 is 11.6 Å². The van der Waals surface area contributed by atoms with Gasteiger partial charge in [0.1, 0.15) is 0 Å². The lowest BCUT2D eigenvalue weighted by Gasteiger charge is -2.03. The van der Waals surface area contributed by atoms with Gasteiger partial charge in [-0.15, -0.1) is 4.83 Å². The maximum absolute atomic E-state index is 11.4. The molecule has 0 bridgehead atoms. The molecule has 0 atom stereocenters. The van der Waals surface area contributed by atoms with Crippen LogP contribution in [0.2, 0.25) is 5.02 Å². The fourth-order valence-corrected chi connectivity index (χ4v) is 1.79. The summed E-state index contributed by atoms with van der Waals surface area (Å²) in [5.74, 6) is 0. The highest BCUT2D eigenvalue weighted by Gasteiger charge is 2.07. The summed E-state index contributed by atoms with van der Waals surface area (Å²) in [4.78, 5) is 12.5. The molecule has 2 N–H and O–H groups in total. The van der Waals surface area contributed by atoms with Crippen LogP contribution < -0.4 is 10.3 Å². The SMILES string of the molecule is COC(=O)NNS(=O)(=O)C=Cc1ccccc1Cl. The topological polar surface area (TPSA) is 84.5 Å². The Bertz CT molecular complexity index is 557. The van der Waals surface area contributed by atoms with Crippen LogP contribution in [0, 0.1) is 0 Å². The van der Waals surface area contributed by atoms with Crippen LogP contribution in [-0.2, 0) is 14.8 Å². The zero-order chi connectivity index (χ0) is 13.6. The molecule has 0 fully saturated rings. The Balaban J connectivity index is 2.71. The summed E-state index contributed by atoms with van der Waals surface area (Å²) in [5.41, 5.74) is 2.38. The summed E-state index contributed by atoms with van der Waals surface area (Å²) < 4.78 is 27.1. The van der Waals surface area contributed by atoms with Gasteiger partial charge in [-0.05, 0) is 17.7 Å². The molecule has 0 spiro atoms. The number of halogens is 1. The molecular weight excluding hydrogens is 280 g/mol. The van der Waals surface area contributed by atoms with E-state index in [0.29, 0.717) is 10.6 Å². The number of ether oxygens (including phenoxy) is 1. The minimum absolute atomic E-state index is 0.421. The third-order valence-corrected chi connectivity index (χ3v) is 3.04. The van der Waals surface area contributed by atoms with E-state index in [1.165, 1.54) is 6.08 Å². The number of methoxy groups -OCH3 is 1. The molecule has 6 nitrogen and oxygen atoms in total. The largest absolute Gasteiger partial charge is 0.452 e. The molecular formula is C10H11ClN2O4S. The highest BCUT2D eigenvalue weighted by molar-refractivity contribution is 7.92. The standard InChI is InChI=1S/C10H11ClN2O4S/c1-17-10(14)12-13-18(15,16)7-6-8-4-2-3-5-9(8)11/h2-7,13H,1H3,(H,12,14). The van der Waals surface area contributed by atoms with Gasteiger partial charge in [-0.1, -0.05) is 29.8 Å². The fourth-order valence-electron chi connectivity index (χ4n) is 0.971. The minimum Gasteiger partial charge on any atom is -0.452 e. The molecule has 0 saturated carbocycles. The number of amides is 1. The average molecular weight is 291 g/mol. The zero-order valence-electron chi connectivity index (χ0n) is 9.38. The molecule has 0 saturated heterocycles. The Kier molecular flexibility index (Phi) is 5.14. The first kappa shape index (κ1) is 14.5. The van der Waals surface area contributed by atoms with Gasteiger partial charge in [-0.3, -0.25) is 0 Å². The van der Waals surface area contributed by atoms with Crippen LogP contribution in [0.5, 0.6) is 0 Å². The number of carbonyl (C=O) groups is 1. The molecule has 0 aliphatic heterocycles. The Hall–Kier alpha value is -1.57. The van der Waals surface area contributed by atoms with Crippen molar-refractivity contribution >= 4 is 33.8 Å². The summed E-state index contributed by atoms with van der Waals surface area (Å²) in [6.07, 6.45) is 0.397. The summed E-state index contributed by atoms with van der Waals surface area (Å²) in [5, 5.41) is 1.30. The molecule has 18 heavy (non-hydrogen) atoms. The highest BCUT2D eigenvalue weighted by Crippen LogP contribution is 2.16. The van der Waals surface area contributed by atoms with Crippen molar-refractivity contribution in [3.05, 3.63) is 40.3 Å². The Morgan fingerprint density at radius 2 is 2.06 bits per heavy atom. The predicted octanol–water partition coefficient (Wildman–Crippen LogP) is 1.50. The second kappa shape index (κ2) is 6.39. The first-order valence-electron chi connectivity index (χ1n) is 4.73. The van der Waals surface area contributed by atoms with Crippen molar-refractivity contribution < 1.29 is 17.9 Å². The molecule has 1 aromatic carbocycles. The quantitative estimate of drug-likeness (QED) is 0.823. The van der Waals surface area contributed by atoms with Crippen molar-refractivity contribution in [2.75, 3.05) is 7.11 Å². The summed E-state index contributed by atoms with van der Waals surface area (Å²) in [6, 6.07) is 6.74. The highest BCUT2D eigenvalue weighted by atomic mass is 35.5. The van der Waals surface area contributed by atoms with Gasteiger partial charge in [-0.25, -0.2) is 18.6 Å². The maximum Gasteiger partial charge on any atom is 0.422 e. The third-order valence-electron chi connectivity index (χ3n) is 1.81. The van der Waals surface area contributed by atoms with Crippen LogP contribution in [0.1, 0.15) is 5.56 Å². The molecule has 0 aromatic heterocycles. The van der Waals surface area contributed by atoms with Gasteiger partial charge in [-0.2, -0.15) is 0 Å². The van der Waals surface area contributed by atoms with E-state index in [4.69, 9.17) is 11.6 Å². The van der Waals surface area contributed by atoms with Crippen molar-refractivity contribution in [2.24, 2.45) is 0 Å². The van der Waals surface area contributed by atoms with Gasteiger partial charge in [0.25, 0.3) is 10.0 Å². The summed E-state index contributed by atoms with van der Waals surface area (Å²) in [7, 11) is -2.69. The predicted molar refractivity (Wildman–Crippen MR) is 68.1 cm³/mol. The summed E-state index contributed by atoms with van der Waals surface area (Å²) in [6.45, 7) is 0. The van der Waals surface area contributed by atoms with Gasteiger partial charge in [0.2, 0.25) is 0 Å². The number of benzene rings is 1. The van der Waals surface area contributed by atoms with Crippen molar-refractivity contribution in [1.29, 1.82) is 0 Å². The normalized spacial score (nSPS) is 11.4. The zero-order valence-corrected chi connectivity index (χ0v) is 11.0. The Morgan fingerprint density at radius 3 is 2.67 bits per heavy atom. The Labute approximate surface area is 110 Å². The molecule has 1 amide bonds. The van der Waals surface area contributed by atoms with Gasteiger partial charge in [0.15, 0.2) is 0 Å². The van der Waals surface area contributed by atoms with E-state index in [1.807, 2.05) is 10.3 Å². The molecule has 98 valence electrons. The van der Waals surface area contributed by atoms with Crippen LogP contribution in [-0.4, -0.2) is 21.6 Å². The van der Waals surface area contributed by atoms with Crippen LogP contribution in [0.4, 0.5) is 4.79 Å². The van der Waals surface area contributed by atoms with E-state index in [0.717, 1.165) is 12.5 Å². The van der Waals surface area contributed by atoms with E-state index in [-0.39, 0.29) is 0 Å². The molecule has 1 aromatic rings. The summed E-state index contributed by atoms with van der Waals surface area (Å²) >= 11 is 5.85. The number of rotatable bonds is 4. The lowest BCUT2D eigenvalue weighted by atomic mass is 10.2. The molecule has 0 radical (unpaired) electrons. The van der Waals surface area contributed by atoms with Crippen molar-refractivity contribution in [2.45, 2.75) is 0 Å².